The molecule has 0 fully saturated rings. The van der Waals surface area contributed by atoms with Crippen molar-refractivity contribution in [1.29, 1.82) is 0 Å². The SMILES string of the molecule is COC(=O)Cc1csc(Nc2ccc(Br)c(Cl)c2)n1. The number of hydrogen-bond acceptors (Lipinski definition) is 5. The molecule has 0 bridgehead atoms. The molecule has 0 aliphatic rings. The number of benzene rings is 1. The van der Waals surface area contributed by atoms with Crippen molar-refractivity contribution in [3.8, 4) is 0 Å². The minimum Gasteiger partial charge on any atom is -0.469 e. The lowest BCUT2D eigenvalue weighted by molar-refractivity contribution is -0.139. The summed E-state index contributed by atoms with van der Waals surface area (Å²) in [4.78, 5) is 15.4. The molecule has 0 saturated heterocycles. The summed E-state index contributed by atoms with van der Waals surface area (Å²) in [7, 11) is 1.36. The van der Waals surface area contributed by atoms with Gasteiger partial charge in [0, 0.05) is 15.5 Å². The summed E-state index contributed by atoms with van der Waals surface area (Å²) in [6.45, 7) is 0. The average molecular weight is 362 g/mol. The molecule has 0 amide bonds. The Hall–Kier alpha value is -1.11. The van der Waals surface area contributed by atoms with Gasteiger partial charge in [0.15, 0.2) is 5.13 Å². The van der Waals surface area contributed by atoms with E-state index in [9.17, 15) is 4.79 Å². The van der Waals surface area contributed by atoms with Crippen LogP contribution in [0.4, 0.5) is 10.8 Å². The first-order valence-corrected chi connectivity index (χ1v) is 7.37. The molecule has 2 aromatic rings. The molecule has 0 aliphatic heterocycles. The first-order valence-electron chi connectivity index (χ1n) is 5.32. The highest BCUT2D eigenvalue weighted by molar-refractivity contribution is 9.10. The Balaban J connectivity index is 2.07. The number of halogens is 2. The van der Waals surface area contributed by atoms with Gasteiger partial charge in [0.25, 0.3) is 0 Å². The van der Waals surface area contributed by atoms with Gasteiger partial charge in [-0.1, -0.05) is 11.6 Å². The summed E-state index contributed by atoms with van der Waals surface area (Å²) in [5, 5.41) is 6.28. The standard InChI is InChI=1S/C12H10BrClN2O2S/c1-18-11(17)5-8-6-19-12(16-8)15-7-2-3-9(13)10(14)4-7/h2-4,6H,5H2,1H3,(H,15,16). The maximum Gasteiger partial charge on any atom is 0.311 e. The van der Waals surface area contributed by atoms with Crippen LogP contribution in [0.3, 0.4) is 0 Å². The lowest BCUT2D eigenvalue weighted by atomic mass is 10.3. The van der Waals surface area contributed by atoms with Crippen LogP contribution in [0.1, 0.15) is 5.69 Å². The van der Waals surface area contributed by atoms with E-state index < -0.39 is 0 Å². The lowest BCUT2D eigenvalue weighted by Gasteiger charge is -2.03. The van der Waals surface area contributed by atoms with Crippen molar-refractivity contribution in [2.45, 2.75) is 6.42 Å². The van der Waals surface area contributed by atoms with Gasteiger partial charge in [0.2, 0.25) is 0 Å². The number of carbonyl (C=O) groups excluding carboxylic acids is 1. The lowest BCUT2D eigenvalue weighted by Crippen LogP contribution is -2.04. The van der Waals surface area contributed by atoms with E-state index in [1.54, 1.807) is 6.07 Å². The quantitative estimate of drug-likeness (QED) is 0.836. The van der Waals surface area contributed by atoms with Gasteiger partial charge in [0.05, 0.1) is 24.2 Å². The molecule has 1 heterocycles. The molecule has 2 rings (SSSR count). The molecule has 0 atom stereocenters. The van der Waals surface area contributed by atoms with Crippen molar-refractivity contribution in [1.82, 2.24) is 4.98 Å². The fourth-order valence-corrected chi connectivity index (χ4v) is 2.52. The van der Waals surface area contributed by atoms with Gasteiger partial charge < -0.3 is 10.1 Å². The van der Waals surface area contributed by atoms with Gasteiger partial charge in [-0.05, 0) is 34.1 Å². The van der Waals surface area contributed by atoms with Crippen LogP contribution in [-0.2, 0) is 16.0 Å². The Bertz CT molecular complexity index is 603. The van der Waals surface area contributed by atoms with Crippen LogP contribution in [0.15, 0.2) is 28.1 Å². The van der Waals surface area contributed by atoms with Gasteiger partial charge in [-0.15, -0.1) is 11.3 Å². The minimum absolute atomic E-state index is 0.176. The number of hydrogen-bond donors (Lipinski definition) is 1. The van der Waals surface area contributed by atoms with E-state index in [0.717, 1.165) is 10.2 Å². The zero-order valence-corrected chi connectivity index (χ0v) is 13.1. The number of nitrogens with zero attached hydrogens (tertiary/aromatic N) is 1. The summed E-state index contributed by atoms with van der Waals surface area (Å²) in [6, 6.07) is 5.54. The van der Waals surface area contributed by atoms with E-state index in [1.165, 1.54) is 18.4 Å². The number of esters is 1. The van der Waals surface area contributed by atoms with Crippen LogP contribution < -0.4 is 5.32 Å². The largest absolute Gasteiger partial charge is 0.469 e. The highest BCUT2D eigenvalue weighted by Crippen LogP contribution is 2.28. The van der Waals surface area contributed by atoms with E-state index in [4.69, 9.17) is 11.6 Å². The number of methoxy groups -OCH3 is 1. The summed E-state index contributed by atoms with van der Waals surface area (Å²) >= 11 is 10.8. The molecule has 0 radical (unpaired) electrons. The molecule has 19 heavy (non-hydrogen) atoms. The van der Waals surface area contributed by atoms with Crippen LogP contribution >= 0.6 is 38.9 Å². The molecule has 7 heteroatoms. The van der Waals surface area contributed by atoms with Crippen molar-refractivity contribution in [3.05, 3.63) is 38.8 Å². The van der Waals surface area contributed by atoms with Crippen molar-refractivity contribution < 1.29 is 9.53 Å². The van der Waals surface area contributed by atoms with Crippen LogP contribution in [0.2, 0.25) is 5.02 Å². The van der Waals surface area contributed by atoms with Crippen LogP contribution in [0.25, 0.3) is 0 Å². The zero-order chi connectivity index (χ0) is 13.8. The number of nitrogens with one attached hydrogen (secondary N) is 1. The highest BCUT2D eigenvalue weighted by atomic mass is 79.9. The predicted octanol–water partition coefficient (Wildman–Crippen LogP) is 4.02. The second-order valence-electron chi connectivity index (χ2n) is 3.65. The average Bonchev–Trinajstić information content (AvgIpc) is 2.81. The fourth-order valence-electron chi connectivity index (χ4n) is 1.36. The number of ether oxygens (including phenoxy) is 1. The molecule has 0 spiro atoms. The summed E-state index contributed by atoms with van der Waals surface area (Å²) in [6.07, 6.45) is 0.176. The number of thiazole rings is 1. The molecule has 1 aromatic heterocycles. The maximum absolute atomic E-state index is 11.1. The third kappa shape index (κ3) is 3.92. The van der Waals surface area contributed by atoms with Crippen LogP contribution in [0.5, 0.6) is 0 Å². The van der Waals surface area contributed by atoms with E-state index in [0.29, 0.717) is 15.8 Å². The number of anilines is 2. The molecule has 100 valence electrons. The number of rotatable bonds is 4. The summed E-state index contributed by atoms with van der Waals surface area (Å²) < 4.78 is 5.43. The highest BCUT2D eigenvalue weighted by Gasteiger charge is 2.08. The molecular weight excluding hydrogens is 352 g/mol. The Morgan fingerprint density at radius 1 is 1.58 bits per heavy atom. The Morgan fingerprint density at radius 2 is 2.37 bits per heavy atom. The Labute approximate surface area is 127 Å². The predicted molar refractivity (Wildman–Crippen MR) is 80.3 cm³/mol. The molecule has 0 aliphatic carbocycles. The van der Waals surface area contributed by atoms with Gasteiger partial charge in [-0.2, -0.15) is 0 Å². The minimum atomic E-state index is -0.302. The van der Waals surface area contributed by atoms with Crippen molar-refractivity contribution >= 4 is 55.7 Å². The topological polar surface area (TPSA) is 51.2 Å². The third-order valence-corrected chi connectivity index (χ3v) is 4.31. The fraction of sp³-hybridized carbons (Fsp3) is 0.167. The van der Waals surface area contributed by atoms with Crippen LogP contribution in [0, 0.1) is 0 Å². The zero-order valence-electron chi connectivity index (χ0n) is 9.94. The number of carbonyl (C=O) groups is 1. The third-order valence-electron chi connectivity index (χ3n) is 2.28. The monoisotopic (exact) mass is 360 g/mol. The maximum atomic E-state index is 11.1. The van der Waals surface area contributed by atoms with Gasteiger partial charge >= 0.3 is 5.97 Å². The van der Waals surface area contributed by atoms with Crippen molar-refractivity contribution in [3.63, 3.8) is 0 Å². The van der Waals surface area contributed by atoms with Gasteiger partial charge in [0.1, 0.15) is 0 Å². The Kier molecular flexibility index (Phi) is 4.79. The molecule has 0 unspecified atom stereocenters. The van der Waals surface area contributed by atoms with Crippen molar-refractivity contribution in [2.24, 2.45) is 0 Å². The smallest absolute Gasteiger partial charge is 0.311 e. The van der Waals surface area contributed by atoms with Gasteiger partial charge in [-0.25, -0.2) is 4.98 Å². The second kappa shape index (κ2) is 6.36. The number of aromatic nitrogens is 1. The normalized spacial score (nSPS) is 10.3. The summed E-state index contributed by atoms with van der Waals surface area (Å²) in [5.41, 5.74) is 1.52. The first-order chi connectivity index (χ1) is 9.08. The molecule has 1 aromatic carbocycles. The second-order valence-corrected chi connectivity index (χ2v) is 5.77. The molecule has 4 nitrogen and oxygen atoms in total. The van der Waals surface area contributed by atoms with E-state index in [2.05, 4.69) is 31.0 Å². The summed E-state index contributed by atoms with van der Waals surface area (Å²) in [5.74, 6) is -0.302. The first kappa shape index (κ1) is 14.3. The van der Waals surface area contributed by atoms with Crippen LogP contribution in [-0.4, -0.2) is 18.1 Å². The van der Waals surface area contributed by atoms with E-state index in [-0.39, 0.29) is 12.4 Å². The van der Waals surface area contributed by atoms with Crippen molar-refractivity contribution in [2.75, 3.05) is 12.4 Å². The molecule has 1 N–H and O–H groups in total. The molecule has 0 saturated carbocycles. The van der Waals surface area contributed by atoms with E-state index >= 15 is 0 Å². The van der Waals surface area contributed by atoms with Gasteiger partial charge in [-0.3, -0.25) is 4.79 Å². The van der Waals surface area contributed by atoms with E-state index in [1.807, 2.05) is 17.5 Å². The molecular formula is C12H10BrClN2O2S. The Morgan fingerprint density at radius 3 is 3.05 bits per heavy atom.